The Morgan fingerprint density at radius 2 is 2.35 bits per heavy atom. The normalized spacial score (nSPS) is 12.8. The molecule has 0 aliphatic carbocycles. The molecule has 0 saturated heterocycles. The van der Waals surface area contributed by atoms with Crippen LogP contribution in [0.2, 0.25) is 0 Å². The van der Waals surface area contributed by atoms with Crippen molar-refractivity contribution in [1.82, 2.24) is 10.2 Å². The van der Waals surface area contributed by atoms with Crippen molar-refractivity contribution in [2.45, 2.75) is 32.2 Å². The van der Waals surface area contributed by atoms with Crippen LogP contribution in [0, 0.1) is 0 Å². The summed E-state index contributed by atoms with van der Waals surface area (Å²) in [4.78, 5) is 11.7. The molecule has 0 unspecified atom stereocenters. The minimum Gasteiger partial charge on any atom is -0.320 e. The van der Waals surface area contributed by atoms with Gasteiger partial charge in [0.25, 0.3) is 0 Å². The van der Waals surface area contributed by atoms with Gasteiger partial charge in [0.1, 0.15) is 0 Å². The van der Waals surface area contributed by atoms with E-state index in [0.717, 1.165) is 11.4 Å². The molecule has 1 aromatic rings. The van der Waals surface area contributed by atoms with Crippen LogP contribution >= 0.6 is 11.8 Å². The number of amides is 1. The third-order valence-corrected chi connectivity index (χ3v) is 3.08. The van der Waals surface area contributed by atoms with E-state index in [1.165, 1.54) is 0 Å². The lowest BCUT2D eigenvalue weighted by Crippen LogP contribution is -2.36. The van der Waals surface area contributed by atoms with E-state index in [2.05, 4.69) is 29.4 Å². The fourth-order valence-electron chi connectivity index (χ4n) is 1.29. The fraction of sp³-hybridized carbons (Fsp3) is 0.636. The van der Waals surface area contributed by atoms with Gasteiger partial charge in [0, 0.05) is 11.8 Å². The largest absolute Gasteiger partial charge is 0.320 e. The van der Waals surface area contributed by atoms with Crippen molar-refractivity contribution >= 4 is 23.5 Å². The van der Waals surface area contributed by atoms with Crippen LogP contribution in [-0.4, -0.2) is 34.2 Å². The number of carbonyl (C=O) groups is 1. The molecule has 5 nitrogen and oxygen atoms in total. The van der Waals surface area contributed by atoms with Crippen LogP contribution in [0.3, 0.4) is 0 Å². The molecular formula is C11H20N4OS. The highest BCUT2D eigenvalue weighted by Crippen LogP contribution is 2.14. The molecule has 0 spiro atoms. The Balaban J connectivity index is 2.49. The molecule has 1 atom stereocenters. The molecule has 0 aliphatic heterocycles. The molecule has 0 aromatic carbocycles. The number of nitrogens with two attached hydrogens (primary N) is 1. The lowest BCUT2D eigenvalue weighted by Gasteiger charge is -2.09. The number of hydrogen-bond acceptors (Lipinski definition) is 4. The zero-order valence-electron chi connectivity index (χ0n) is 10.5. The van der Waals surface area contributed by atoms with Crippen LogP contribution in [0.4, 0.5) is 5.82 Å². The van der Waals surface area contributed by atoms with Crippen LogP contribution in [0.1, 0.15) is 31.9 Å². The quantitative estimate of drug-likeness (QED) is 0.721. The van der Waals surface area contributed by atoms with E-state index in [9.17, 15) is 4.79 Å². The molecule has 1 heterocycles. The van der Waals surface area contributed by atoms with Crippen molar-refractivity contribution in [3.8, 4) is 0 Å². The van der Waals surface area contributed by atoms with Crippen molar-refractivity contribution < 1.29 is 4.79 Å². The Hall–Kier alpha value is -1.01. The summed E-state index contributed by atoms with van der Waals surface area (Å²) < 4.78 is 0. The SMILES string of the molecule is CSCC[C@@H](N)C(=O)Nc1cc(C(C)C)[nH]n1. The molecule has 0 fully saturated rings. The van der Waals surface area contributed by atoms with Gasteiger partial charge >= 0.3 is 0 Å². The first-order valence-electron chi connectivity index (χ1n) is 5.65. The average Bonchev–Trinajstić information content (AvgIpc) is 2.74. The van der Waals surface area contributed by atoms with Gasteiger partial charge < -0.3 is 11.1 Å². The van der Waals surface area contributed by atoms with Crippen molar-refractivity contribution in [1.29, 1.82) is 0 Å². The molecule has 96 valence electrons. The summed E-state index contributed by atoms with van der Waals surface area (Å²) >= 11 is 1.68. The van der Waals surface area contributed by atoms with Crippen molar-refractivity contribution in [3.05, 3.63) is 11.8 Å². The number of aromatic nitrogens is 2. The molecule has 0 aliphatic rings. The highest BCUT2D eigenvalue weighted by Gasteiger charge is 2.14. The van der Waals surface area contributed by atoms with Gasteiger partial charge in [0.15, 0.2) is 5.82 Å². The van der Waals surface area contributed by atoms with Gasteiger partial charge in [-0.05, 0) is 24.3 Å². The standard InChI is InChI=1S/C11H20N4OS/c1-7(2)9-6-10(15-14-9)13-11(16)8(12)4-5-17-3/h6-8H,4-5,12H2,1-3H3,(H2,13,14,15,16)/t8-/m1/s1. The maximum Gasteiger partial charge on any atom is 0.242 e. The van der Waals surface area contributed by atoms with Crippen LogP contribution < -0.4 is 11.1 Å². The molecule has 0 radical (unpaired) electrons. The lowest BCUT2D eigenvalue weighted by atomic mass is 10.1. The van der Waals surface area contributed by atoms with Gasteiger partial charge in [-0.25, -0.2) is 0 Å². The van der Waals surface area contributed by atoms with E-state index in [0.29, 0.717) is 18.2 Å². The Morgan fingerprint density at radius 3 is 2.88 bits per heavy atom. The Morgan fingerprint density at radius 1 is 1.65 bits per heavy atom. The number of thioether (sulfide) groups is 1. The van der Waals surface area contributed by atoms with Gasteiger partial charge in [0.2, 0.25) is 5.91 Å². The number of H-pyrrole nitrogens is 1. The summed E-state index contributed by atoms with van der Waals surface area (Å²) in [6, 6.07) is 1.37. The first kappa shape index (κ1) is 14.1. The predicted octanol–water partition coefficient (Wildman–Crippen LogP) is 1.55. The second kappa shape index (κ2) is 6.66. The van der Waals surface area contributed by atoms with Crippen molar-refractivity contribution in [2.24, 2.45) is 5.73 Å². The van der Waals surface area contributed by atoms with Crippen LogP contribution in [-0.2, 0) is 4.79 Å². The first-order valence-corrected chi connectivity index (χ1v) is 7.04. The summed E-state index contributed by atoms with van der Waals surface area (Å²) in [5, 5.41) is 9.62. The van der Waals surface area contributed by atoms with E-state index in [1.807, 2.05) is 12.3 Å². The fourth-order valence-corrected chi connectivity index (χ4v) is 1.78. The summed E-state index contributed by atoms with van der Waals surface area (Å²) in [5.41, 5.74) is 6.75. The van der Waals surface area contributed by atoms with E-state index < -0.39 is 6.04 Å². The molecule has 6 heteroatoms. The highest BCUT2D eigenvalue weighted by molar-refractivity contribution is 7.98. The monoisotopic (exact) mass is 256 g/mol. The number of carbonyl (C=O) groups excluding carboxylic acids is 1. The Bertz CT molecular complexity index is 364. The molecule has 0 bridgehead atoms. The van der Waals surface area contributed by atoms with Crippen LogP contribution in [0.5, 0.6) is 0 Å². The molecule has 4 N–H and O–H groups in total. The second-order valence-electron chi connectivity index (χ2n) is 4.24. The van der Waals surface area contributed by atoms with Crippen molar-refractivity contribution in [2.75, 3.05) is 17.3 Å². The van der Waals surface area contributed by atoms with E-state index >= 15 is 0 Å². The highest BCUT2D eigenvalue weighted by atomic mass is 32.2. The molecule has 1 aromatic heterocycles. The molecular weight excluding hydrogens is 236 g/mol. The minimum absolute atomic E-state index is 0.180. The topological polar surface area (TPSA) is 83.8 Å². The maximum atomic E-state index is 11.7. The van der Waals surface area contributed by atoms with Crippen LogP contribution in [0.25, 0.3) is 0 Å². The Kier molecular flexibility index (Phi) is 5.50. The number of anilines is 1. The molecule has 1 rings (SSSR count). The zero-order chi connectivity index (χ0) is 12.8. The third-order valence-electron chi connectivity index (χ3n) is 2.44. The van der Waals surface area contributed by atoms with Crippen molar-refractivity contribution in [3.63, 3.8) is 0 Å². The maximum absolute atomic E-state index is 11.7. The lowest BCUT2D eigenvalue weighted by molar-refractivity contribution is -0.117. The third kappa shape index (κ3) is 4.40. The number of aromatic amines is 1. The summed E-state index contributed by atoms with van der Waals surface area (Å²) in [6.07, 6.45) is 2.67. The number of nitrogens with one attached hydrogen (secondary N) is 2. The van der Waals surface area contributed by atoms with E-state index in [-0.39, 0.29) is 5.91 Å². The van der Waals surface area contributed by atoms with E-state index in [1.54, 1.807) is 11.8 Å². The molecule has 0 saturated carbocycles. The van der Waals surface area contributed by atoms with E-state index in [4.69, 9.17) is 5.73 Å². The summed E-state index contributed by atoms with van der Waals surface area (Å²) in [7, 11) is 0. The number of rotatable bonds is 6. The molecule has 1 amide bonds. The zero-order valence-corrected chi connectivity index (χ0v) is 11.3. The Labute approximate surface area is 106 Å². The minimum atomic E-state index is -0.471. The van der Waals surface area contributed by atoms with Gasteiger partial charge in [-0.2, -0.15) is 16.9 Å². The molecule has 17 heavy (non-hydrogen) atoms. The van der Waals surface area contributed by atoms with Gasteiger partial charge in [0.05, 0.1) is 6.04 Å². The van der Waals surface area contributed by atoms with Crippen LogP contribution in [0.15, 0.2) is 6.07 Å². The summed E-state index contributed by atoms with van der Waals surface area (Å²) in [6.45, 7) is 4.12. The smallest absolute Gasteiger partial charge is 0.242 e. The number of hydrogen-bond donors (Lipinski definition) is 3. The summed E-state index contributed by atoms with van der Waals surface area (Å²) in [5.74, 6) is 1.60. The number of nitrogens with zero attached hydrogens (tertiary/aromatic N) is 1. The average molecular weight is 256 g/mol. The second-order valence-corrected chi connectivity index (χ2v) is 5.23. The first-order chi connectivity index (χ1) is 8.04. The van der Waals surface area contributed by atoms with Gasteiger partial charge in [-0.1, -0.05) is 13.8 Å². The van der Waals surface area contributed by atoms with Gasteiger partial charge in [-0.15, -0.1) is 0 Å². The predicted molar refractivity (Wildman–Crippen MR) is 72.3 cm³/mol. The van der Waals surface area contributed by atoms with Gasteiger partial charge in [-0.3, -0.25) is 9.89 Å².